The normalized spacial score (nSPS) is 18.9. The van der Waals surface area contributed by atoms with E-state index >= 15 is 0 Å². The van der Waals surface area contributed by atoms with E-state index in [1.165, 1.54) is 23.9 Å². The molecule has 2 fully saturated rings. The van der Waals surface area contributed by atoms with Gasteiger partial charge in [0.2, 0.25) is 5.82 Å². The molecule has 0 unspecified atom stereocenters. The van der Waals surface area contributed by atoms with Gasteiger partial charge in [-0.1, -0.05) is 5.16 Å². The SMILES string of the molecule is Cc1cc(N2CCC3(CC2)CN(c2nc(-c4cc(O)cc(O)c4)no2)CCN3C)ccn1. The molecule has 0 bridgehead atoms. The maximum absolute atomic E-state index is 9.76. The van der Waals surface area contributed by atoms with Crippen molar-refractivity contribution in [2.24, 2.45) is 0 Å². The minimum Gasteiger partial charge on any atom is -0.508 e. The number of piperidine rings is 1. The minimum atomic E-state index is -0.0407. The van der Waals surface area contributed by atoms with E-state index < -0.39 is 0 Å². The number of likely N-dealkylation sites (N-methyl/N-ethyl adjacent to an activating group) is 1. The van der Waals surface area contributed by atoms with E-state index in [4.69, 9.17) is 4.52 Å². The van der Waals surface area contributed by atoms with Crippen LogP contribution in [0.3, 0.4) is 0 Å². The van der Waals surface area contributed by atoms with Crippen LogP contribution in [0, 0.1) is 6.92 Å². The molecule has 2 aromatic heterocycles. The number of hydrogen-bond donors (Lipinski definition) is 2. The van der Waals surface area contributed by atoms with Crippen molar-refractivity contribution in [3.63, 3.8) is 0 Å². The van der Waals surface area contributed by atoms with Crippen LogP contribution in [0.25, 0.3) is 11.4 Å². The van der Waals surface area contributed by atoms with Gasteiger partial charge in [0.25, 0.3) is 0 Å². The summed E-state index contributed by atoms with van der Waals surface area (Å²) in [5.41, 5.74) is 2.84. The molecule has 9 nitrogen and oxygen atoms in total. The van der Waals surface area contributed by atoms with Gasteiger partial charge in [-0.3, -0.25) is 9.88 Å². The second kappa shape index (κ2) is 7.98. The molecule has 2 N–H and O–H groups in total. The van der Waals surface area contributed by atoms with Crippen molar-refractivity contribution in [2.75, 3.05) is 49.6 Å². The predicted molar refractivity (Wildman–Crippen MR) is 121 cm³/mol. The third-order valence-electron chi connectivity index (χ3n) is 6.79. The molecule has 2 aliphatic heterocycles. The quantitative estimate of drug-likeness (QED) is 0.641. The summed E-state index contributed by atoms with van der Waals surface area (Å²) in [6.45, 7) is 6.54. The monoisotopic (exact) mass is 436 g/mol. The summed E-state index contributed by atoms with van der Waals surface area (Å²) in [6.07, 6.45) is 3.97. The van der Waals surface area contributed by atoms with Crippen LogP contribution in [0.1, 0.15) is 18.5 Å². The Kier molecular flexibility index (Phi) is 5.13. The highest BCUT2D eigenvalue weighted by Crippen LogP contribution is 2.35. The van der Waals surface area contributed by atoms with Crippen LogP contribution in [-0.2, 0) is 0 Å². The lowest BCUT2D eigenvalue weighted by atomic mass is 9.83. The van der Waals surface area contributed by atoms with E-state index in [0.29, 0.717) is 17.4 Å². The summed E-state index contributed by atoms with van der Waals surface area (Å²) in [5.74, 6) is 0.268. The van der Waals surface area contributed by atoms with Gasteiger partial charge < -0.3 is 24.5 Å². The standard InChI is InChI=1S/C23H28N6O3/c1-16-11-18(3-6-24-16)28-7-4-23(5-8-28)15-29(10-9-27(23)2)22-25-21(26-32-22)17-12-19(30)14-20(31)13-17/h3,6,11-14,30-31H,4-5,7-10,15H2,1-2H3. The van der Waals surface area contributed by atoms with Gasteiger partial charge in [0.1, 0.15) is 11.5 Å². The van der Waals surface area contributed by atoms with Crippen molar-refractivity contribution in [1.82, 2.24) is 20.0 Å². The summed E-state index contributed by atoms with van der Waals surface area (Å²) in [6, 6.07) is 9.00. The Bertz CT molecular complexity index is 1090. The molecule has 2 aliphatic rings. The van der Waals surface area contributed by atoms with Gasteiger partial charge >= 0.3 is 6.01 Å². The van der Waals surface area contributed by atoms with Gasteiger partial charge in [0.05, 0.1) is 0 Å². The van der Waals surface area contributed by atoms with Crippen LogP contribution >= 0.6 is 0 Å². The largest absolute Gasteiger partial charge is 0.508 e. The number of phenolic OH excluding ortho intramolecular Hbond substituents is 2. The third kappa shape index (κ3) is 3.84. The summed E-state index contributed by atoms with van der Waals surface area (Å²) in [5, 5.41) is 23.6. The first-order chi connectivity index (χ1) is 15.4. The molecule has 0 aliphatic carbocycles. The maximum atomic E-state index is 9.76. The molecule has 9 heteroatoms. The number of piperazine rings is 1. The highest BCUT2D eigenvalue weighted by molar-refractivity contribution is 5.61. The molecule has 0 radical (unpaired) electrons. The Morgan fingerprint density at radius 1 is 0.969 bits per heavy atom. The average molecular weight is 437 g/mol. The number of benzene rings is 1. The van der Waals surface area contributed by atoms with Crippen molar-refractivity contribution in [3.05, 3.63) is 42.2 Å². The number of aromatic nitrogens is 3. The fourth-order valence-electron chi connectivity index (χ4n) is 4.86. The number of pyridine rings is 1. The van der Waals surface area contributed by atoms with Gasteiger partial charge in [-0.05, 0) is 51.1 Å². The number of nitrogens with zero attached hydrogens (tertiary/aromatic N) is 6. The van der Waals surface area contributed by atoms with Crippen molar-refractivity contribution < 1.29 is 14.7 Å². The molecular formula is C23H28N6O3. The zero-order valence-corrected chi connectivity index (χ0v) is 18.4. The topological polar surface area (TPSA) is 102 Å². The van der Waals surface area contributed by atoms with Crippen molar-refractivity contribution in [1.29, 1.82) is 0 Å². The fraction of sp³-hybridized carbons (Fsp3) is 0.435. The van der Waals surface area contributed by atoms with E-state index in [1.807, 2.05) is 13.1 Å². The van der Waals surface area contributed by atoms with Gasteiger partial charge in [0, 0.05) is 67.5 Å². The highest BCUT2D eigenvalue weighted by Gasteiger charge is 2.43. The Morgan fingerprint density at radius 2 is 1.72 bits per heavy atom. The van der Waals surface area contributed by atoms with Crippen LogP contribution in [0.5, 0.6) is 11.5 Å². The number of hydrogen-bond acceptors (Lipinski definition) is 9. The number of anilines is 2. The van der Waals surface area contributed by atoms with Crippen molar-refractivity contribution >= 4 is 11.7 Å². The minimum absolute atomic E-state index is 0.0407. The van der Waals surface area contributed by atoms with Gasteiger partial charge in [0.15, 0.2) is 0 Å². The van der Waals surface area contributed by atoms with Crippen LogP contribution in [0.2, 0.25) is 0 Å². The Labute approximate surface area is 186 Å². The molecular weight excluding hydrogens is 408 g/mol. The molecule has 0 saturated carbocycles. The highest BCUT2D eigenvalue weighted by atomic mass is 16.5. The second-order valence-corrected chi connectivity index (χ2v) is 8.85. The molecule has 32 heavy (non-hydrogen) atoms. The number of phenols is 2. The molecule has 168 valence electrons. The molecule has 1 aromatic carbocycles. The summed E-state index contributed by atoms with van der Waals surface area (Å²) in [7, 11) is 2.21. The van der Waals surface area contributed by atoms with E-state index in [-0.39, 0.29) is 17.0 Å². The maximum Gasteiger partial charge on any atom is 0.324 e. The van der Waals surface area contributed by atoms with Gasteiger partial charge in [-0.25, -0.2) is 0 Å². The molecule has 0 atom stereocenters. The van der Waals surface area contributed by atoms with E-state index in [1.54, 1.807) is 0 Å². The molecule has 5 rings (SSSR count). The fourth-order valence-corrected chi connectivity index (χ4v) is 4.86. The Hall–Kier alpha value is -3.33. The first-order valence-electron chi connectivity index (χ1n) is 10.9. The van der Waals surface area contributed by atoms with E-state index in [9.17, 15) is 10.2 Å². The van der Waals surface area contributed by atoms with Crippen LogP contribution < -0.4 is 9.80 Å². The summed E-state index contributed by atoms with van der Waals surface area (Å²) >= 11 is 0. The summed E-state index contributed by atoms with van der Waals surface area (Å²) < 4.78 is 5.58. The zero-order chi connectivity index (χ0) is 22.3. The Balaban J connectivity index is 1.31. The molecule has 3 aromatic rings. The number of rotatable bonds is 3. The second-order valence-electron chi connectivity index (χ2n) is 8.85. The Morgan fingerprint density at radius 3 is 2.44 bits per heavy atom. The van der Waals surface area contributed by atoms with Crippen LogP contribution in [0.15, 0.2) is 41.1 Å². The van der Waals surface area contributed by atoms with Crippen LogP contribution in [0.4, 0.5) is 11.7 Å². The first-order valence-corrected chi connectivity index (χ1v) is 10.9. The molecule has 0 amide bonds. The van der Waals surface area contributed by atoms with Gasteiger partial charge in [-0.2, -0.15) is 4.98 Å². The molecule has 1 spiro atoms. The summed E-state index contributed by atoms with van der Waals surface area (Å²) in [4.78, 5) is 15.9. The number of aryl methyl sites for hydroxylation is 1. The van der Waals surface area contributed by atoms with E-state index in [2.05, 4.69) is 49.0 Å². The van der Waals surface area contributed by atoms with E-state index in [0.717, 1.165) is 51.3 Å². The van der Waals surface area contributed by atoms with Crippen molar-refractivity contribution in [2.45, 2.75) is 25.3 Å². The number of aromatic hydroxyl groups is 2. The lowest BCUT2D eigenvalue weighted by Crippen LogP contribution is -2.64. The van der Waals surface area contributed by atoms with Crippen LogP contribution in [-0.4, -0.2) is 75.5 Å². The van der Waals surface area contributed by atoms with Gasteiger partial charge in [-0.15, -0.1) is 0 Å². The lowest BCUT2D eigenvalue weighted by molar-refractivity contribution is 0.0736. The molecule has 2 saturated heterocycles. The molecule has 4 heterocycles. The third-order valence-corrected chi connectivity index (χ3v) is 6.79. The smallest absolute Gasteiger partial charge is 0.324 e. The zero-order valence-electron chi connectivity index (χ0n) is 18.4. The first kappa shape index (κ1) is 20.6. The lowest BCUT2D eigenvalue weighted by Gasteiger charge is -2.53. The predicted octanol–water partition coefficient (Wildman–Crippen LogP) is 2.64. The van der Waals surface area contributed by atoms with Crippen molar-refractivity contribution in [3.8, 4) is 22.9 Å². The average Bonchev–Trinajstić information content (AvgIpc) is 3.26.